The molecule has 1 aromatic heterocycles. The fourth-order valence-electron chi connectivity index (χ4n) is 4.45. The fourth-order valence-corrected chi connectivity index (χ4v) is 4.45. The van der Waals surface area contributed by atoms with Crippen LogP contribution in [0.2, 0.25) is 0 Å². The van der Waals surface area contributed by atoms with Gasteiger partial charge in [0.2, 0.25) is 0 Å². The molecule has 2 atom stereocenters. The van der Waals surface area contributed by atoms with E-state index in [4.69, 9.17) is 11.5 Å². The SMILES string of the molecule is C=C.C=CN1CCC(F)C1.CCn1ccc2c(F)cccc21.CNC(c1ccccc1)c1ccc(C(N)N)cc1. The first-order valence-electron chi connectivity index (χ1n) is 13.4. The number of nitrogens with zero attached hydrogens (tertiary/aromatic N) is 2. The number of likely N-dealkylation sites (tertiary alicyclic amines) is 1. The van der Waals surface area contributed by atoms with Crippen LogP contribution < -0.4 is 16.8 Å². The Bertz CT molecular complexity index is 1270. The Morgan fingerprint density at radius 2 is 1.57 bits per heavy atom. The Hall–Kier alpha value is -3.78. The van der Waals surface area contributed by atoms with E-state index in [1.165, 1.54) is 17.2 Å². The summed E-state index contributed by atoms with van der Waals surface area (Å²) in [4.78, 5) is 1.89. The minimum Gasteiger partial charge on any atom is -0.375 e. The van der Waals surface area contributed by atoms with E-state index in [1.54, 1.807) is 12.3 Å². The molecule has 5 nitrogen and oxygen atoms in total. The third-order valence-corrected chi connectivity index (χ3v) is 6.60. The summed E-state index contributed by atoms with van der Waals surface area (Å²) in [5.74, 6) is -0.139. The van der Waals surface area contributed by atoms with Gasteiger partial charge in [-0.3, -0.25) is 0 Å². The van der Waals surface area contributed by atoms with E-state index in [2.05, 4.69) is 49.3 Å². The standard InChI is InChI=1S/C15H19N3.C10H10FN.C6H10FN.C2H4/c1-18-14(11-5-3-2-4-6-11)12-7-9-13(10-8-12)15(16)17;1-2-12-7-6-8-9(11)4-3-5-10(8)12;1-2-8-4-3-6(7)5-8;1-2/h2-10,14-15,18H,16-17H2,1H3;3-7H,2H2,1H3;2,6H,1,3-5H2;1-2H2. The van der Waals surface area contributed by atoms with Crippen LogP contribution in [0.5, 0.6) is 0 Å². The Morgan fingerprint density at radius 3 is 2.08 bits per heavy atom. The average Bonchev–Trinajstić information content (AvgIpc) is 3.62. The predicted octanol–water partition coefficient (Wildman–Crippen LogP) is 6.69. The second-order valence-corrected chi connectivity index (χ2v) is 9.16. The predicted molar refractivity (Wildman–Crippen MR) is 165 cm³/mol. The van der Waals surface area contributed by atoms with Crippen LogP contribution in [0.4, 0.5) is 8.78 Å². The number of rotatable bonds is 6. The van der Waals surface area contributed by atoms with Gasteiger partial charge in [0.05, 0.1) is 17.7 Å². The van der Waals surface area contributed by atoms with Crippen molar-refractivity contribution in [3.05, 3.63) is 134 Å². The quantitative estimate of drug-likeness (QED) is 0.186. The van der Waals surface area contributed by atoms with Gasteiger partial charge >= 0.3 is 0 Å². The highest BCUT2D eigenvalue weighted by Crippen LogP contribution is 2.22. The van der Waals surface area contributed by atoms with Crippen molar-refractivity contribution in [3.63, 3.8) is 0 Å². The van der Waals surface area contributed by atoms with Crippen molar-refractivity contribution in [3.8, 4) is 0 Å². The fraction of sp³-hybridized carbons (Fsp3) is 0.273. The topological polar surface area (TPSA) is 72.2 Å². The van der Waals surface area contributed by atoms with E-state index in [0.717, 1.165) is 24.2 Å². The zero-order valence-corrected chi connectivity index (χ0v) is 23.6. The van der Waals surface area contributed by atoms with Crippen LogP contribution in [0.3, 0.4) is 0 Å². The van der Waals surface area contributed by atoms with Crippen LogP contribution in [0.1, 0.15) is 42.2 Å². The van der Waals surface area contributed by atoms with Gasteiger partial charge < -0.3 is 26.3 Å². The Labute approximate surface area is 237 Å². The Kier molecular flexibility index (Phi) is 13.8. The molecule has 3 aromatic carbocycles. The highest BCUT2D eigenvalue weighted by atomic mass is 19.1. The van der Waals surface area contributed by atoms with Gasteiger partial charge in [0.25, 0.3) is 0 Å². The molecule has 0 aliphatic carbocycles. The van der Waals surface area contributed by atoms with Gasteiger partial charge in [0, 0.05) is 31.2 Å². The summed E-state index contributed by atoms with van der Waals surface area (Å²) in [7, 11) is 1.96. The van der Waals surface area contributed by atoms with Crippen LogP contribution in [0.25, 0.3) is 10.9 Å². The molecule has 2 unspecified atom stereocenters. The smallest absolute Gasteiger partial charge is 0.132 e. The van der Waals surface area contributed by atoms with Crippen LogP contribution in [0.15, 0.2) is 111 Å². The molecule has 0 amide bonds. The molecule has 214 valence electrons. The van der Waals surface area contributed by atoms with Gasteiger partial charge in [0.1, 0.15) is 12.0 Å². The van der Waals surface area contributed by atoms with Gasteiger partial charge in [-0.05, 0) is 61.5 Å². The first kappa shape index (κ1) is 32.4. The normalized spacial score (nSPS) is 14.8. The maximum atomic E-state index is 13.1. The molecule has 0 saturated carbocycles. The van der Waals surface area contributed by atoms with E-state index < -0.39 is 12.3 Å². The number of hydrogen-bond acceptors (Lipinski definition) is 4. The molecule has 0 spiro atoms. The molecule has 5 rings (SSSR count). The molecular weight excluding hydrogens is 504 g/mol. The average molecular weight is 548 g/mol. The minimum atomic E-state index is -0.618. The van der Waals surface area contributed by atoms with Crippen molar-refractivity contribution in [2.45, 2.75) is 38.3 Å². The van der Waals surface area contributed by atoms with Gasteiger partial charge in [0.15, 0.2) is 0 Å². The molecule has 0 bridgehead atoms. The summed E-state index contributed by atoms with van der Waals surface area (Å²) in [5, 5.41) is 4.03. The molecular formula is C33H43F2N5. The van der Waals surface area contributed by atoms with Crippen molar-refractivity contribution in [1.82, 2.24) is 14.8 Å². The van der Waals surface area contributed by atoms with Gasteiger partial charge in [-0.25, -0.2) is 8.78 Å². The number of nitrogens with one attached hydrogen (secondary N) is 1. The van der Waals surface area contributed by atoms with Crippen molar-refractivity contribution >= 4 is 10.9 Å². The van der Waals surface area contributed by atoms with Crippen molar-refractivity contribution in [2.75, 3.05) is 20.1 Å². The number of aromatic nitrogens is 1. The molecule has 1 fully saturated rings. The van der Waals surface area contributed by atoms with Crippen molar-refractivity contribution < 1.29 is 8.78 Å². The van der Waals surface area contributed by atoms with Crippen molar-refractivity contribution in [1.29, 1.82) is 0 Å². The molecule has 5 N–H and O–H groups in total. The number of aryl methyl sites for hydroxylation is 1. The van der Waals surface area contributed by atoms with E-state index in [-0.39, 0.29) is 11.9 Å². The Morgan fingerprint density at radius 1 is 0.950 bits per heavy atom. The summed E-state index contributed by atoms with van der Waals surface area (Å²) in [5.41, 5.74) is 15.6. The summed E-state index contributed by atoms with van der Waals surface area (Å²) >= 11 is 0. The molecule has 40 heavy (non-hydrogen) atoms. The maximum absolute atomic E-state index is 13.1. The third kappa shape index (κ3) is 9.16. The number of fused-ring (bicyclic) bond motifs is 1. The zero-order chi connectivity index (χ0) is 29.5. The number of nitrogens with two attached hydrogens (primary N) is 2. The summed E-state index contributed by atoms with van der Waals surface area (Å²) in [6.45, 7) is 13.8. The van der Waals surface area contributed by atoms with Gasteiger partial charge in [-0.15, -0.1) is 13.2 Å². The van der Waals surface area contributed by atoms with Crippen LogP contribution >= 0.6 is 0 Å². The first-order chi connectivity index (χ1) is 19.4. The highest BCUT2D eigenvalue weighted by molar-refractivity contribution is 5.80. The van der Waals surface area contributed by atoms with Crippen LogP contribution in [0, 0.1) is 5.82 Å². The molecule has 0 radical (unpaired) electrons. The lowest BCUT2D eigenvalue weighted by atomic mass is 9.97. The summed E-state index contributed by atoms with van der Waals surface area (Å²) in [6.07, 6.45) is 3.25. The molecule has 1 saturated heterocycles. The number of alkyl halides is 1. The second kappa shape index (κ2) is 17.0. The number of benzene rings is 3. The van der Waals surface area contributed by atoms with Crippen LogP contribution in [-0.4, -0.2) is 35.8 Å². The van der Waals surface area contributed by atoms with Crippen LogP contribution in [-0.2, 0) is 6.54 Å². The lowest BCUT2D eigenvalue weighted by Crippen LogP contribution is -2.21. The monoisotopic (exact) mass is 547 g/mol. The molecule has 1 aliphatic rings. The largest absolute Gasteiger partial charge is 0.375 e. The van der Waals surface area contributed by atoms with Crippen molar-refractivity contribution in [2.24, 2.45) is 11.5 Å². The lowest BCUT2D eigenvalue weighted by Gasteiger charge is -2.18. The summed E-state index contributed by atoms with van der Waals surface area (Å²) in [6, 6.07) is 25.6. The Balaban J connectivity index is 0.000000219. The molecule has 1 aliphatic heterocycles. The van der Waals surface area contributed by atoms with E-state index in [0.29, 0.717) is 18.4 Å². The maximum Gasteiger partial charge on any atom is 0.132 e. The number of hydrogen-bond donors (Lipinski definition) is 3. The second-order valence-electron chi connectivity index (χ2n) is 9.16. The lowest BCUT2D eigenvalue weighted by molar-refractivity contribution is 0.334. The zero-order valence-electron chi connectivity index (χ0n) is 23.6. The summed E-state index contributed by atoms with van der Waals surface area (Å²) < 4.78 is 27.4. The molecule has 7 heteroatoms. The van der Waals surface area contributed by atoms with E-state index in [1.807, 2.05) is 72.1 Å². The van der Waals surface area contributed by atoms with Gasteiger partial charge in [-0.1, -0.05) is 67.2 Å². The van der Waals surface area contributed by atoms with Gasteiger partial charge in [-0.2, -0.15) is 0 Å². The molecule has 4 aromatic rings. The minimum absolute atomic E-state index is 0.139. The highest BCUT2D eigenvalue weighted by Gasteiger charge is 2.17. The first-order valence-corrected chi connectivity index (χ1v) is 13.4. The third-order valence-electron chi connectivity index (χ3n) is 6.60. The van der Waals surface area contributed by atoms with E-state index in [9.17, 15) is 8.78 Å². The number of halogens is 2. The van der Waals surface area contributed by atoms with E-state index >= 15 is 0 Å². The molecule has 2 heterocycles.